The molecule has 0 spiro atoms. The molecule has 0 fully saturated rings. The van der Waals surface area contributed by atoms with Crippen LogP contribution in [-0.4, -0.2) is 15.0 Å². The Bertz CT molecular complexity index is 770. The van der Waals surface area contributed by atoms with E-state index in [-0.39, 0.29) is 10.6 Å². The van der Waals surface area contributed by atoms with Crippen LogP contribution in [0.25, 0.3) is 0 Å². The predicted octanol–water partition coefficient (Wildman–Crippen LogP) is 2.55. The molecule has 0 bridgehead atoms. The number of anilines is 2. The van der Waals surface area contributed by atoms with Crippen LogP contribution in [0.2, 0.25) is 0 Å². The predicted molar refractivity (Wildman–Crippen MR) is 80.1 cm³/mol. The van der Waals surface area contributed by atoms with E-state index in [4.69, 9.17) is 5.73 Å². The number of para-hydroxylation sites is 1. The number of nitrogens with zero attached hydrogens (tertiary/aromatic N) is 1. The summed E-state index contributed by atoms with van der Waals surface area (Å²) in [5.41, 5.74) is 7.30. The summed E-state index contributed by atoms with van der Waals surface area (Å²) < 4.78 is 40.3. The lowest BCUT2D eigenvalue weighted by Gasteiger charge is -2.30. The van der Waals surface area contributed by atoms with E-state index < -0.39 is 15.8 Å². The lowest BCUT2D eigenvalue weighted by atomic mass is 10.0. The molecule has 2 N–H and O–H groups in total. The Hall–Kier alpha value is -2.08. The van der Waals surface area contributed by atoms with Crippen molar-refractivity contribution in [1.82, 2.24) is 0 Å². The van der Waals surface area contributed by atoms with E-state index >= 15 is 0 Å². The molecule has 0 amide bonds. The van der Waals surface area contributed by atoms with E-state index in [9.17, 15) is 12.8 Å². The minimum Gasteiger partial charge on any atom is -0.399 e. The quantitative estimate of drug-likeness (QED) is 0.867. The lowest BCUT2D eigenvalue weighted by Crippen LogP contribution is -2.35. The first kappa shape index (κ1) is 13.9. The summed E-state index contributed by atoms with van der Waals surface area (Å²) in [6, 6.07) is 10.8. The smallest absolute Gasteiger partial charge is 0.264 e. The Kier molecular flexibility index (Phi) is 3.33. The van der Waals surface area contributed by atoms with Crippen molar-refractivity contribution in [3.63, 3.8) is 0 Å². The highest BCUT2D eigenvalue weighted by molar-refractivity contribution is 7.92. The summed E-state index contributed by atoms with van der Waals surface area (Å²) in [6.07, 6.45) is 1.58. The molecule has 6 heteroatoms. The minimum atomic E-state index is -3.81. The molecule has 0 saturated heterocycles. The fourth-order valence-corrected chi connectivity index (χ4v) is 4.22. The number of halogens is 1. The largest absolute Gasteiger partial charge is 0.399 e. The van der Waals surface area contributed by atoms with Gasteiger partial charge >= 0.3 is 0 Å². The van der Waals surface area contributed by atoms with E-state index in [0.29, 0.717) is 12.2 Å². The first-order valence-electron chi connectivity index (χ1n) is 6.65. The minimum absolute atomic E-state index is 0.0962. The zero-order chi connectivity index (χ0) is 15.0. The fraction of sp³-hybridized carbons (Fsp3) is 0.200. The van der Waals surface area contributed by atoms with Crippen LogP contribution in [0.15, 0.2) is 47.4 Å². The summed E-state index contributed by atoms with van der Waals surface area (Å²) in [6.45, 7) is 0.385. The van der Waals surface area contributed by atoms with Gasteiger partial charge in [-0.2, -0.15) is 0 Å². The van der Waals surface area contributed by atoms with E-state index in [1.165, 1.54) is 10.4 Å². The third-order valence-electron chi connectivity index (χ3n) is 3.55. The average Bonchev–Trinajstić information content (AvgIpc) is 2.45. The number of nitrogen functional groups attached to an aromatic ring is 1. The maximum absolute atomic E-state index is 13.5. The van der Waals surface area contributed by atoms with Crippen LogP contribution in [0.3, 0.4) is 0 Å². The van der Waals surface area contributed by atoms with Crippen molar-refractivity contribution in [1.29, 1.82) is 0 Å². The number of benzene rings is 2. The summed E-state index contributed by atoms with van der Waals surface area (Å²) >= 11 is 0. The molecular formula is C15H15FN2O2S. The maximum Gasteiger partial charge on any atom is 0.264 e. The summed E-state index contributed by atoms with van der Waals surface area (Å²) in [5, 5.41) is 0. The van der Waals surface area contributed by atoms with Gasteiger partial charge in [-0.05, 0) is 42.7 Å². The molecule has 1 aliphatic heterocycles. The summed E-state index contributed by atoms with van der Waals surface area (Å²) in [7, 11) is -3.81. The van der Waals surface area contributed by atoms with Crippen molar-refractivity contribution in [2.75, 3.05) is 16.6 Å². The molecule has 0 radical (unpaired) electrons. The van der Waals surface area contributed by atoms with Gasteiger partial charge in [-0.1, -0.05) is 18.2 Å². The topological polar surface area (TPSA) is 63.4 Å². The van der Waals surface area contributed by atoms with Gasteiger partial charge in [-0.25, -0.2) is 12.8 Å². The van der Waals surface area contributed by atoms with Gasteiger partial charge in [-0.15, -0.1) is 0 Å². The van der Waals surface area contributed by atoms with Crippen LogP contribution in [0.4, 0.5) is 15.8 Å². The molecule has 2 aromatic rings. The van der Waals surface area contributed by atoms with E-state index in [1.54, 1.807) is 12.1 Å². The highest BCUT2D eigenvalue weighted by atomic mass is 32.2. The van der Waals surface area contributed by atoms with Gasteiger partial charge in [-0.3, -0.25) is 4.31 Å². The molecule has 0 unspecified atom stereocenters. The van der Waals surface area contributed by atoms with E-state index in [0.717, 1.165) is 30.5 Å². The second-order valence-electron chi connectivity index (χ2n) is 5.03. The molecule has 2 aromatic carbocycles. The number of hydrogen-bond acceptors (Lipinski definition) is 3. The van der Waals surface area contributed by atoms with Gasteiger partial charge < -0.3 is 5.73 Å². The first-order chi connectivity index (χ1) is 9.98. The van der Waals surface area contributed by atoms with Crippen LogP contribution in [0, 0.1) is 5.82 Å². The zero-order valence-electron chi connectivity index (χ0n) is 11.3. The Balaban J connectivity index is 2.11. The fourth-order valence-electron chi connectivity index (χ4n) is 2.61. The second-order valence-corrected chi connectivity index (χ2v) is 6.89. The first-order valence-corrected chi connectivity index (χ1v) is 8.09. The Morgan fingerprint density at radius 1 is 1.14 bits per heavy atom. The Morgan fingerprint density at radius 2 is 1.90 bits per heavy atom. The van der Waals surface area contributed by atoms with Crippen molar-refractivity contribution < 1.29 is 12.8 Å². The average molecular weight is 306 g/mol. The second kappa shape index (κ2) is 5.04. The van der Waals surface area contributed by atoms with Crippen molar-refractivity contribution in [3.8, 4) is 0 Å². The standard InChI is InChI=1S/C15H15FN2O2S/c16-12-8-13(17)10-14(9-12)21(19,20)18-7-3-5-11-4-1-2-6-15(11)18/h1-2,4,6,8-10H,3,5,7,17H2. The van der Waals surface area contributed by atoms with Crippen molar-refractivity contribution in [3.05, 3.63) is 53.8 Å². The van der Waals surface area contributed by atoms with Crippen LogP contribution in [0.1, 0.15) is 12.0 Å². The molecule has 4 nitrogen and oxygen atoms in total. The Morgan fingerprint density at radius 3 is 2.67 bits per heavy atom. The zero-order valence-corrected chi connectivity index (χ0v) is 12.1. The van der Waals surface area contributed by atoms with Gasteiger partial charge in [0.25, 0.3) is 10.0 Å². The monoisotopic (exact) mass is 306 g/mol. The molecular weight excluding hydrogens is 291 g/mol. The molecule has 3 rings (SSSR count). The number of fused-ring (bicyclic) bond motifs is 1. The SMILES string of the molecule is Nc1cc(F)cc(S(=O)(=O)N2CCCc3ccccc32)c1. The third kappa shape index (κ3) is 2.47. The molecule has 0 aromatic heterocycles. The molecule has 21 heavy (non-hydrogen) atoms. The molecule has 110 valence electrons. The Labute approximate surface area is 123 Å². The number of rotatable bonds is 2. The van der Waals surface area contributed by atoms with E-state index in [2.05, 4.69) is 0 Å². The number of aryl methyl sites for hydroxylation is 1. The summed E-state index contributed by atoms with van der Waals surface area (Å²) in [5.74, 6) is -0.654. The van der Waals surface area contributed by atoms with Crippen molar-refractivity contribution in [2.24, 2.45) is 0 Å². The van der Waals surface area contributed by atoms with Gasteiger partial charge in [0.2, 0.25) is 0 Å². The van der Waals surface area contributed by atoms with Gasteiger partial charge in [0.15, 0.2) is 0 Å². The third-order valence-corrected chi connectivity index (χ3v) is 5.34. The van der Waals surface area contributed by atoms with Crippen molar-refractivity contribution in [2.45, 2.75) is 17.7 Å². The van der Waals surface area contributed by atoms with Crippen molar-refractivity contribution >= 4 is 21.4 Å². The maximum atomic E-state index is 13.5. The van der Waals surface area contributed by atoms with Gasteiger partial charge in [0.1, 0.15) is 5.82 Å². The lowest BCUT2D eigenvalue weighted by molar-refractivity contribution is 0.582. The summed E-state index contributed by atoms with van der Waals surface area (Å²) in [4.78, 5) is -0.114. The van der Waals surface area contributed by atoms with E-state index in [1.807, 2.05) is 12.1 Å². The molecule has 0 atom stereocenters. The van der Waals surface area contributed by atoms with Crippen LogP contribution < -0.4 is 10.0 Å². The molecule has 0 saturated carbocycles. The number of sulfonamides is 1. The molecule has 1 aliphatic rings. The normalized spacial score (nSPS) is 14.8. The van der Waals surface area contributed by atoms with Crippen LogP contribution in [-0.2, 0) is 16.4 Å². The number of hydrogen-bond donors (Lipinski definition) is 1. The van der Waals surface area contributed by atoms with Gasteiger partial charge in [0.05, 0.1) is 10.6 Å². The van der Waals surface area contributed by atoms with Gasteiger partial charge in [0, 0.05) is 12.2 Å². The molecule has 0 aliphatic carbocycles. The number of nitrogens with two attached hydrogens (primary N) is 1. The molecule has 1 heterocycles. The highest BCUT2D eigenvalue weighted by Crippen LogP contribution is 2.32. The van der Waals surface area contributed by atoms with Crippen LogP contribution in [0.5, 0.6) is 0 Å². The van der Waals surface area contributed by atoms with Crippen LogP contribution >= 0.6 is 0 Å². The highest BCUT2D eigenvalue weighted by Gasteiger charge is 2.29.